The summed E-state index contributed by atoms with van der Waals surface area (Å²) < 4.78 is 5.41. The summed E-state index contributed by atoms with van der Waals surface area (Å²) in [5.41, 5.74) is 1.00. The number of pyridine rings is 1. The Morgan fingerprint density at radius 3 is 2.73 bits per heavy atom. The zero-order valence-corrected chi connectivity index (χ0v) is 15.2. The number of carbonyl (C=O) groups is 3. The Bertz CT molecular complexity index is 693. The van der Waals surface area contributed by atoms with Gasteiger partial charge in [0.05, 0.1) is 19.0 Å². The number of imide groups is 1. The smallest absolute Gasteiger partial charge is 0.270 e. The fourth-order valence-corrected chi connectivity index (χ4v) is 2.92. The van der Waals surface area contributed by atoms with Gasteiger partial charge in [-0.1, -0.05) is 0 Å². The van der Waals surface area contributed by atoms with Gasteiger partial charge in [-0.05, 0) is 6.42 Å². The fourth-order valence-electron chi connectivity index (χ4n) is 2.92. The molecule has 9 nitrogen and oxygen atoms in total. The zero-order chi connectivity index (χ0) is 17.8. The predicted molar refractivity (Wildman–Crippen MR) is 96.8 cm³/mol. The third-order valence-electron chi connectivity index (χ3n) is 4.30. The number of carbonyl (C=O) groups excluding carboxylic acids is 3. The van der Waals surface area contributed by atoms with Crippen LogP contribution >= 0.6 is 12.4 Å². The molecule has 1 atom stereocenters. The van der Waals surface area contributed by atoms with Gasteiger partial charge in [0.25, 0.3) is 5.91 Å². The Morgan fingerprint density at radius 2 is 2.08 bits per heavy atom. The van der Waals surface area contributed by atoms with Crippen LogP contribution in [-0.2, 0) is 9.59 Å². The van der Waals surface area contributed by atoms with Gasteiger partial charge in [0.1, 0.15) is 17.5 Å². The number of piperazine rings is 1. The van der Waals surface area contributed by atoms with Crippen LogP contribution in [0.5, 0.6) is 5.75 Å². The summed E-state index contributed by atoms with van der Waals surface area (Å²) in [7, 11) is 1.54. The quantitative estimate of drug-likeness (QED) is 0.598. The van der Waals surface area contributed by atoms with Crippen molar-refractivity contribution < 1.29 is 19.1 Å². The number of ether oxygens (including phenoxy) is 1. The van der Waals surface area contributed by atoms with Crippen molar-refractivity contribution >= 4 is 35.8 Å². The van der Waals surface area contributed by atoms with Crippen LogP contribution < -0.4 is 25.6 Å². The highest BCUT2D eigenvalue weighted by molar-refractivity contribution is 6.03. The molecule has 0 bridgehead atoms. The molecule has 0 saturated carbocycles. The summed E-state index contributed by atoms with van der Waals surface area (Å²) in [6, 6.07) is 0.837. The minimum Gasteiger partial charge on any atom is -0.494 e. The molecule has 10 heteroatoms. The van der Waals surface area contributed by atoms with Crippen molar-refractivity contribution in [1.82, 2.24) is 20.9 Å². The van der Waals surface area contributed by atoms with Crippen molar-refractivity contribution in [2.45, 2.75) is 18.9 Å². The molecule has 1 aromatic heterocycles. The Balaban J connectivity index is 0.00000243. The molecule has 1 aromatic rings. The zero-order valence-electron chi connectivity index (χ0n) is 14.4. The fraction of sp³-hybridized carbons (Fsp3) is 0.500. The van der Waals surface area contributed by atoms with Gasteiger partial charge in [0, 0.05) is 38.7 Å². The number of rotatable bonds is 4. The first kappa shape index (κ1) is 19.9. The number of hydrogen-bond acceptors (Lipinski definition) is 7. The van der Waals surface area contributed by atoms with E-state index in [1.54, 1.807) is 19.4 Å². The van der Waals surface area contributed by atoms with Crippen molar-refractivity contribution in [3.63, 3.8) is 0 Å². The van der Waals surface area contributed by atoms with E-state index >= 15 is 0 Å². The van der Waals surface area contributed by atoms with Crippen LogP contribution in [0.2, 0.25) is 0 Å². The van der Waals surface area contributed by atoms with Crippen LogP contribution in [0.4, 0.5) is 5.69 Å². The van der Waals surface area contributed by atoms with Gasteiger partial charge in [-0.25, -0.2) is 4.98 Å². The molecule has 2 fully saturated rings. The van der Waals surface area contributed by atoms with Gasteiger partial charge >= 0.3 is 0 Å². The van der Waals surface area contributed by atoms with E-state index in [1.807, 2.05) is 0 Å². The number of halogens is 1. The third kappa shape index (κ3) is 4.41. The maximum Gasteiger partial charge on any atom is 0.270 e. The average Bonchev–Trinajstić information content (AvgIpc) is 2.64. The monoisotopic (exact) mass is 383 g/mol. The normalized spacial score (nSPS) is 20.0. The highest BCUT2D eigenvalue weighted by atomic mass is 35.5. The van der Waals surface area contributed by atoms with Crippen molar-refractivity contribution in [2.24, 2.45) is 0 Å². The summed E-state index contributed by atoms with van der Waals surface area (Å²) in [5, 5.41) is 8.10. The molecule has 0 spiro atoms. The molecule has 1 unspecified atom stereocenters. The molecular formula is C16H22ClN5O4. The minimum atomic E-state index is -0.731. The van der Waals surface area contributed by atoms with Gasteiger partial charge in [0.15, 0.2) is 0 Å². The molecular weight excluding hydrogens is 362 g/mol. The largest absolute Gasteiger partial charge is 0.494 e. The predicted octanol–water partition coefficient (Wildman–Crippen LogP) is -0.543. The lowest BCUT2D eigenvalue weighted by Gasteiger charge is -2.30. The van der Waals surface area contributed by atoms with Gasteiger partial charge < -0.3 is 20.3 Å². The second-order valence-corrected chi connectivity index (χ2v) is 5.96. The van der Waals surface area contributed by atoms with Crippen molar-refractivity contribution in [3.8, 4) is 5.75 Å². The van der Waals surface area contributed by atoms with Crippen LogP contribution in [0.1, 0.15) is 23.3 Å². The van der Waals surface area contributed by atoms with Crippen LogP contribution in [-0.4, -0.2) is 62.0 Å². The number of aromatic nitrogens is 1. The molecule has 3 heterocycles. The number of amides is 3. The van der Waals surface area contributed by atoms with Gasteiger partial charge in [-0.3, -0.25) is 19.7 Å². The molecule has 2 saturated heterocycles. The van der Waals surface area contributed by atoms with Crippen LogP contribution in [0.3, 0.4) is 0 Å². The molecule has 0 aliphatic carbocycles. The topological polar surface area (TPSA) is 113 Å². The lowest BCUT2D eigenvalue weighted by molar-refractivity contribution is -0.134. The van der Waals surface area contributed by atoms with Crippen LogP contribution in [0, 0.1) is 0 Å². The summed E-state index contributed by atoms with van der Waals surface area (Å²) in [5.74, 6) is -0.727. The molecule has 26 heavy (non-hydrogen) atoms. The third-order valence-corrected chi connectivity index (χ3v) is 4.30. The van der Waals surface area contributed by atoms with Crippen molar-refractivity contribution in [2.75, 3.05) is 38.2 Å². The highest BCUT2D eigenvalue weighted by Crippen LogP contribution is 2.28. The van der Waals surface area contributed by atoms with Gasteiger partial charge in [-0.15, -0.1) is 12.4 Å². The van der Waals surface area contributed by atoms with Crippen molar-refractivity contribution in [1.29, 1.82) is 0 Å². The van der Waals surface area contributed by atoms with E-state index < -0.39 is 17.9 Å². The van der Waals surface area contributed by atoms with Gasteiger partial charge in [0.2, 0.25) is 11.8 Å². The van der Waals surface area contributed by atoms with E-state index in [-0.39, 0.29) is 36.8 Å². The Labute approximate surface area is 157 Å². The Morgan fingerprint density at radius 1 is 1.35 bits per heavy atom. The Kier molecular flexibility index (Phi) is 6.76. The second kappa shape index (κ2) is 8.81. The number of piperidine rings is 1. The SMILES string of the molecule is COc1cc(C(=O)NC2CCC(=O)NC2=O)ncc1N1CCNCC1.Cl. The highest BCUT2D eigenvalue weighted by Gasteiger charge is 2.28. The van der Waals surface area contributed by atoms with E-state index in [2.05, 4.69) is 25.8 Å². The maximum atomic E-state index is 12.4. The second-order valence-electron chi connectivity index (χ2n) is 5.96. The van der Waals surface area contributed by atoms with Gasteiger partial charge in [-0.2, -0.15) is 0 Å². The van der Waals surface area contributed by atoms with Crippen LogP contribution in [0.25, 0.3) is 0 Å². The molecule has 0 radical (unpaired) electrons. The number of nitrogens with one attached hydrogen (secondary N) is 3. The van der Waals surface area contributed by atoms with Crippen LogP contribution in [0.15, 0.2) is 12.3 Å². The number of nitrogens with zero attached hydrogens (tertiary/aromatic N) is 2. The number of hydrogen-bond donors (Lipinski definition) is 3. The molecule has 0 aromatic carbocycles. The minimum absolute atomic E-state index is 0. The van der Waals surface area contributed by atoms with E-state index in [0.29, 0.717) is 5.75 Å². The average molecular weight is 384 g/mol. The first-order valence-corrected chi connectivity index (χ1v) is 8.22. The van der Waals surface area contributed by atoms with E-state index in [0.717, 1.165) is 31.9 Å². The van der Waals surface area contributed by atoms with E-state index in [1.165, 1.54) is 0 Å². The summed E-state index contributed by atoms with van der Waals surface area (Å²) in [6.07, 6.45) is 2.10. The summed E-state index contributed by atoms with van der Waals surface area (Å²) >= 11 is 0. The molecule has 3 N–H and O–H groups in total. The lowest BCUT2D eigenvalue weighted by atomic mass is 10.1. The maximum absolute atomic E-state index is 12.4. The lowest BCUT2D eigenvalue weighted by Crippen LogP contribution is -2.52. The first-order valence-electron chi connectivity index (χ1n) is 8.22. The number of anilines is 1. The molecule has 2 aliphatic heterocycles. The molecule has 142 valence electrons. The molecule has 3 amide bonds. The Hall–Kier alpha value is -2.39. The van der Waals surface area contributed by atoms with E-state index in [9.17, 15) is 14.4 Å². The first-order chi connectivity index (χ1) is 12.1. The van der Waals surface area contributed by atoms with E-state index in [4.69, 9.17) is 4.74 Å². The summed E-state index contributed by atoms with van der Waals surface area (Å²) in [6.45, 7) is 3.42. The number of methoxy groups -OCH3 is 1. The van der Waals surface area contributed by atoms with Crippen molar-refractivity contribution in [3.05, 3.63) is 18.0 Å². The molecule has 3 rings (SSSR count). The summed E-state index contributed by atoms with van der Waals surface area (Å²) in [4.78, 5) is 41.7. The standard InChI is InChI=1S/C16H21N5O4.ClH/c1-25-13-8-11(18-9-12(13)21-6-4-17-5-7-21)16(24)19-10-2-3-14(22)20-15(10)23;/h8-10,17H,2-7H2,1H3,(H,19,24)(H,20,22,23);1H. The molecule has 2 aliphatic rings.